The average Bonchev–Trinajstić information content (AvgIpc) is 2.35. The number of hydrogen-bond acceptors (Lipinski definition) is 1. The molecule has 1 aromatic rings. The lowest BCUT2D eigenvalue weighted by Crippen LogP contribution is -2.39. The van der Waals surface area contributed by atoms with E-state index in [0.717, 1.165) is 5.19 Å². The van der Waals surface area contributed by atoms with Crippen molar-refractivity contribution >= 4 is 25.4 Å². The molecule has 104 valence electrons. The van der Waals surface area contributed by atoms with Gasteiger partial charge in [-0.05, 0) is 12.1 Å². The van der Waals surface area contributed by atoms with Crippen LogP contribution in [0, 0.1) is 0 Å². The van der Waals surface area contributed by atoms with Crippen molar-refractivity contribution in [1.82, 2.24) is 0 Å². The van der Waals surface area contributed by atoms with E-state index in [-0.39, 0.29) is 12.1 Å². The summed E-state index contributed by atoms with van der Waals surface area (Å²) >= 11 is 0. The molecule has 2 nitrogen and oxygen atoms in total. The molecule has 0 radical (unpaired) electrons. The monoisotopic (exact) mass is 287 g/mol. The van der Waals surface area contributed by atoms with Crippen molar-refractivity contribution < 1.29 is 18.0 Å². The van der Waals surface area contributed by atoms with E-state index >= 15 is 0 Å². The number of carbonyl (C=O) groups excluding carboxylic acids is 1. The van der Waals surface area contributed by atoms with E-state index in [9.17, 15) is 18.0 Å². The number of nitrogens with zero attached hydrogens (tertiary/aromatic N) is 1. The van der Waals surface area contributed by atoms with Crippen molar-refractivity contribution in [2.24, 2.45) is 0 Å². The Morgan fingerprint density at radius 1 is 1.26 bits per heavy atom. The topological polar surface area (TPSA) is 20.3 Å². The molecule has 0 saturated carbocycles. The minimum Gasteiger partial charge on any atom is -0.306 e. The fourth-order valence-corrected chi connectivity index (χ4v) is 2.84. The van der Waals surface area contributed by atoms with E-state index in [4.69, 9.17) is 0 Å². The number of carbonyl (C=O) groups is 1. The molecule has 0 aromatic heterocycles. The molecule has 0 N–H and O–H groups in total. The zero-order valence-electron chi connectivity index (χ0n) is 10.9. The molecule has 1 aromatic carbocycles. The van der Waals surface area contributed by atoms with Crippen molar-refractivity contribution in [1.29, 1.82) is 0 Å². The lowest BCUT2D eigenvalue weighted by Gasteiger charge is -2.22. The molecule has 0 aliphatic carbocycles. The molecule has 19 heavy (non-hydrogen) atoms. The third-order valence-corrected chi connectivity index (χ3v) is 5.77. The number of halogens is 3. The second-order valence-electron chi connectivity index (χ2n) is 4.82. The zero-order chi connectivity index (χ0) is 14.7. The quantitative estimate of drug-likeness (QED) is 0.602. The highest BCUT2D eigenvalue weighted by Crippen LogP contribution is 2.20. The Labute approximate surface area is 111 Å². The van der Waals surface area contributed by atoms with Crippen molar-refractivity contribution in [2.75, 3.05) is 11.4 Å². The normalized spacial score (nSPS) is 12.1. The minimum absolute atomic E-state index is 0.193. The van der Waals surface area contributed by atoms with Gasteiger partial charge in [0.1, 0.15) is 14.6 Å². The summed E-state index contributed by atoms with van der Waals surface area (Å²) in [6.07, 6.45) is -4.21. The lowest BCUT2D eigenvalue weighted by atomic mass is 10.3. The van der Waals surface area contributed by atoms with Crippen LogP contribution in [0.15, 0.2) is 36.5 Å². The highest BCUT2D eigenvalue weighted by molar-refractivity contribution is 6.93. The number of rotatable bonds is 5. The van der Waals surface area contributed by atoms with Crippen LogP contribution in [0.25, 0.3) is 0 Å². The van der Waals surface area contributed by atoms with Gasteiger partial charge in [0.2, 0.25) is 6.41 Å². The Morgan fingerprint density at radius 2 is 1.79 bits per heavy atom. The van der Waals surface area contributed by atoms with Gasteiger partial charge in [-0.15, -0.1) is 6.58 Å². The van der Waals surface area contributed by atoms with Crippen LogP contribution in [0.1, 0.15) is 0 Å². The van der Waals surface area contributed by atoms with Crippen LogP contribution in [0.3, 0.4) is 0 Å². The van der Waals surface area contributed by atoms with Crippen LogP contribution in [0.2, 0.25) is 13.1 Å². The second kappa shape index (κ2) is 5.60. The first-order valence-corrected chi connectivity index (χ1v) is 8.80. The second-order valence-corrected chi connectivity index (χ2v) is 9.25. The molecule has 0 bridgehead atoms. The fourth-order valence-electron chi connectivity index (χ4n) is 1.58. The van der Waals surface area contributed by atoms with E-state index in [1.807, 2.05) is 5.70 Å². The highest BCUT2D eigenvalue weighted by atomic mass is 28.3. The molecule has 6 heteroatoms. The van der Waals surface area contributed by atoms with E-state index in [0.29, 0.717) is 4.90 Å². The Kier molecular flexibility index (Phi) is 4.57. The first kappa shape index (κ1) is 15.5. The number of hydrogen-bond donors (Lipinski definition) is 0. The van der Waals surface area contributed by atoms with Crippen molar-refractivity contribution in [3.05, 3.63) is 36.5 Å². The molecular formula is C13H16F3NOSi. The van der Waals surface area contributed by atoms with Gasteiger partial charge in [-0.2, -0.15) is 13.2 Å². The fraction of sp³-hybridized carbons (Fsp3) is 0.308. The van der Waals surface area contributed by atoms with Gasteiger partial charge >= 0.3 is 6.18 Å². The van der Waals surface area contributed by atoms with Gasteiger partial charge < -0.3 is 4.90 Å². The predicted molar refractivity (Wildman–Crippen MR) is 73.2 cm³/mol. The van der Waals surface area contributed by atoms with Gasteiger partial charge in [0.05, 0.1) is 0 Å². The van der Waals surface area contributed by atoms with Gasteiger partial charge in [-0.3, -0.25) is 4.79 Å². The highest BCUT2D eigenvalue weighted by Gasteiger charge is 2.31. The number of alkyl halides is 3. The summed E-state index contributed by atoms with van der Waals surface area (Å²) in [5.41, 5.74) is 2.14. The summed E-state index contributed by atoms with van der Waals surface area (Å²) in [4.78, 5) is 11.4. The van der Waals surface area contributed by atoms with Crippen LogP contribution in [-0.2, 0) is 4.79 Å². The van der Waals surface area contributed by atoms with E-state index in [1.54, 1.807) is 12.1 Å². The minimum atomic E-state index is -4.41. The molecule has 0 heterocycles. The van der Waals surface area contributed by atoms with Gasteiger partial charge in [0.25, 0.3) is 0 Å². The number of anilines is 1. The van der Waals surface area contributed by atoms with E-state index in [1.165, 1.54) is 12.1 Å². The molecular weight excluding hydrogens is 271 g/mol. The molecule has 1 rings (SSSR count). The summed E-state index contributed by atoms with van der Waals surface area (Å²) in [6.45, 7) is 6.67. The van der Waals surface area contributed by atoms with Crippen LogP contribution in [-0.4, -0.2) is 27.2 Å². The summed E-state index contributed by atoms with van der Waals surface area (Å²) in [5, 5.41) is 1.06. The summed E-state index contributed by atoms with van der Waals surface area (Å²) < 4.78 is 36.9. The smallest absolute Gasteiger partial charge is 0.306 e. The number of amides is 1. The number of benzene rings is 1. The molecule has 0 saturated heterocycles. The Hall–Kier alpha value is -1.56. The van der Waals surface area contributed by atoms with Crippen molar-refractivity contribution in [3.8, 4) is 0 Å². The Bertz CT molecular complexity index is 454. The molecule has 0 fully saturated rings. The van der Waals surface area contributed by atoms with Crippen LogP contribution < -0.4 is 10.1 Å². The zero-order valence-corrected chi connectivity index (χ0v) is 11.9. The Morgan fingerprint density at radius 3 is 2.16 bits per heavy atom. The predicted octanol–water partition coefficient (Wildman–Crippen LogP) is 2.85. The summed E-state index contributed by atoms with van der Waals surface area (Å²) in [5.74, 6) is 0. The lowest BCUT2D eigenvalue weighted by molar-refractivity contribution is -0.126. The van der Waals surface area contributed by atoms with Gasteiger partial charge in [0, 0.05) is 5.69 Å². The maximum absolute atomic E-state index is 12.3. The average molecular weight is 287 g/mol. The summed E-state index contributed by atoms with van der Waals surface area (Å²) in [6, 6.07) is 6.59. The van der Waals surface area contributed by atoms with Crippen molar-refractivity contribution in [3.63, 3.8) is 0 Å². The summed E-state index contributed by atoms with van der Waals surface area (Å²) in [7, 11) is -1.73. The maximum Gasteiger partial charge on any atom is 0.406 e. The first-order chi connectivity index (χ1) is 8.69. The van der Waals surface area contributed by atoms with E-state index in [2.05, 4.69) is 19.7 Å². The van der Waals surface area contributed by atoms with Gasteiger partial charge in [0.15, 0.2) is 0 Å². The van der Waals surface area contributed by atoms with Crippen LogP contribution in [0.5, 0.6) is 0 Å². The first-order valence-electron chi connectivity index (χ1n) is 5.72. The molecule has 0 aliphatic heterocycles. The standard InChI is InChI=1S/C13H16F3NOSi/c1-4-19(2,3)12-7-5-11(6-8-12)17(10-18)9-13(14,15)16/h4-8,10H,1,9H2,2-3H3. The molecule has 0 atom stereocenters. The van der Waals surface area contributed by atoms with Gasteiger partial charge in [-0.25, -0.2) is 0 Å². The van der Waals surface area contributed by atoms with Crippen molar-refractivity contribution in [2.45, 2.75) is 19.3 Å². The third-order valence-electron chi connectivity index (χ3n) is 2.93. The maximum atomic E-state index is 12.3. The SMILES string of the molecule is C=C[Si](C)(C)c1ccc(N(C=O)CC(F)(F)F)cc1. The largest absolute Gasteiger partial charge is 0.406 e. The molecule has 0 aliphatic rings. The van der Waals surface area contributed by atoms with E-state index < -0.39 is 20.8 Å². The van der Waals surface area contributed by atoms with Gasteiger partial charge in [-0.1, -0.05) is 36.1 Å². The van der Waals surface area contributed by atoms with Crippen LogP contribution >= 0.6 is 0 Å². The third kappa shape index (κ3) is 4.24. The molecule has 0 spiro atoms. The Balaban J connectivity index is 2.97. The molecule has 1 amide bonds. The molecule has 0 unspecified atom stereocenters. The van der Waals surface area contributed by atoms with Crippen LogP contribution in [0.4, 0.5) is 18.9 Å².